The van der Waals surface area contributed by atoms with Crippen molar-refractivity contribution in [2.24, 2.45) is 0 Å². The second kappa shape index (κ2) is 11.4. The van der Waals surface area contributed by atoms with E-state index in [1.807, 2.05) is 24.3 Å². The van der Waals surface area contributed by atoms with Gasteiger partial charge in [0.15, 0.2) is 0 Å². The predicted molar refractivity (Wildman–Crippen MR) is 203 cm³/mol. The third-order valence-corrected chi connectivity index (χ3v) is 9.77. The number of para-hydroxylation sites is 3. The molecule has 0 bridgehead atoms. The zero-order valence-electron chi connectivity index (χ0n) is 28.1. The molecular formula is C45H36N2O2. The summed E-state index contributed by atoms with van der Waals surface area (Å²) in [5, 5.41) is 3.11. The fourth-order valence-electron chi connectivity index (χ4n) is 7.38. The molecule has 49 heavy (non-hydrogen) atoms. The van der Waals surface area contributed by atoms with Crippen LogP contribution in [0.15, 0.2) is 142 Å². The van der Waals surface area contributed by atoms with Gasteiger partial charge in [0.05, 0.1) is 22.3 Å². The minimum absolute atomic E-state index is 0.311. The summed E-state index contributed by atoms with van der Waals surface area (Å²) in [5.74, 6) is 2.28. The fraction of sp³-hybridized carbons (Fsp3) is 0.133. The molecule has 0 radical (unpaired) electrons. The molecule has 238 valence electrons. The van der Waals surface area contributed by atoms with Crippen LogP contribution in [-0.2, 0) is 0 Å². The van der Waals surface area contributed by atoms with Gasteiger partial charge >= 0.3 is 0 Å². The van der Waals surface area contributed by atoms with Gasteiger partial charge in [-0.2, -0.15) is 0 Å². The van der Waals surface area contributed by atoms with Gasteiger partial charge in [0.25, 0.3) is 0 Å². The van der Waals surface area contributed by atoms with Gasteiger partial charge in [-0.25, -0.2) is 4.98 Å². The Morgan fingerprint density at radius 2 is 1.20 bits per heavy atom. The lowest BCUT2D eigenvalue weighted by molar-refractivity contribution is 0.631. The monoisotopic (exact) mass is 636 g/mol. The van der Waals surface area contributed by atoms with E-state index in [-0.39, 0.29) is 0 Å². The Hall–Kier alpha value is -5.87. The minimum atomic E-state index is 0.311. The number of imidazole rings is 1. The second-order valence-corrected chi connectivity index (χ2v) is 13.5. The molecule has 0 aliphatic carbocycles. The summed E-state index contributed by atoms with van der Waals surface area (Å²) >= 11 is 0. The molecule has 0 saturated carbocycles. The largest absolute Gasteiger partial charge is 0.456 e. The Morgan fingerprint density at radius 3 is 1.92 bits per heavy atom. The van der Waals surface area contributed by atoms with E-state index < -0.39 is 0 Å². The Labute approximate surface area is 285 Å². The molecule has 0 atom stereocenters. The number of fused-ring (bicyclic) bond motifs is 6. The summed E-state index contributed by atoms with van der Waals surface area (Å²) < 4.78 is 16.0. The number of hydrogen-bond acceptors (Lipinski definition) is 3. The maximum absolute atomic E-state index is 6.97. The van der Waals surface area contributed by atoms with Crippen molar-refractivity contribution in [3.63, 3.8) is 0 Å². The fourth-order valence-corrected chi connectivity index (χ4v) is 7.38. The first kappa shape index (κ1) is 29.3. The normalized spacial score (nSPS) is 12.0. The van der Waals surface area contributed by atoms with Crippen LogP contribution in [0, 0.1) is 0 Å². The van der Waals surface area contributed by atoms with Gasteiger partial charge in [-0.15, -0.1) is 0 Å². The third kappa shape index (κ3) is 4.70. The van der Waals surface area contributed by atoms with Crippen molar-refractivity contribution in [2.45, 2.75) is 39.5 Å². The van der Waals surface area contributed by atoms with Crippen molar-refractivity contribution in [1.82, 2.24) is 9.55 Å². The first-order chi connectivity index (χ1) is 24.0. The standard InChI is InChI=1S/C45H36N2O2/c1-27(2)32-18-13-19-33(28(3)4)43(32)47-38-21-12-11-20-37(38)46-45(47)36-26-41-35(25-39(48-41)30-16-9-6-10-17-30)42-34-23-22-31(24-40(34)49-44(36)42)29-14-7-5-8-15-29/h5-28H,1-4H3. The van der Waals surface area contributed by atoms with Crippen LogP contribution in [0.25, 0.3) is 83.5 Å². The van der Waals surface area contributed by atoms with E-state index in [1.165, 1.54) is 16.8 Å². The molecule has 0 amide bonds. The van der Waals surface area contributed by atoms with Crippen molar-refractivity contribution in [2.75, 3.05) is 0 Å². The van der Waals surface area contributed by atoms with Crippen LogP contribution in [0.5, 0.6) is 0 Å². The van der Waals surface area contributed by atoms with Gasteiger partial charge in [0.1, 0.15) is 28.3 Å². The van der Waals surface area contributed by atoms with Crippen LogP contribution in [0.1, 0.15) is 50.7 Å². The maximum atomic E-state index is 6.97. The summed E-state index contributed by atoms with van der Waals surface area (Å²) in [6, 6.07) is 46.7. The molecule has 4 heteroatoms. The first-order valence-corrected chi connectivity index (χ1v) is 17.1. The van der Waals surface area contributed by atoms with E-state index >= 15 is 0 Å². The van der Waals surface area contributed by atoms with Crippen LogP contribution in [0.4, 0.5) is 0 Å². The van der Waals surface area contributed by atoms with Gasteiger partial charge in [-0.3, -0.25) is 4.57 Å². The molecule has 0 spiro atoms. The van der Waals surface area contributed by atoms with Crippen LogP contribution < -0.4 is 0 Å². The zero-order chi connectivity index (χ0) is 33.2. The average Bonchev–Trinajstić information content (AvgIpc) is 3.84. The third-order valence-electron chi connectivity index (χ3n) is 9.77. The van der Waals surface area contributed by atoms with Crippen LogP contribution in [0.2, 0.25) is 0 Å². The molecule has 6 aromatic carbocycles. The number of rotatable bonds is 6. The molecule has 3 aromatic heterocycles. The maximum Gasteiger partial charge on any atom is 0.149 e. The molecule has 0 saturated heterocycles. The van der Waals surface area contributed by atoms with Crippen molar-refractivity contribution >= 4 is 43.9 Å². The number of nitrogens with zero attached hydrogens (tertiary/aromatic N) is 2. The van der Waals surface area contributed by atoms with Crippen LogP contribution in [-0.4, -0.2) is 9.55 Å². The Kier molecular flexibility index (Phi) is 6.80. The quantitative estimate of drug-likeness (QED) is 0.182. The highest BCUT2D eigenvalue weighted by molar-refractivity contribution is 6.22. The topological polar surface area (TPSA) is 44.1 Å². The molecule has 0 aliphatic heterocycles. The SMILES string of the molecule is CC(C)c1cccc(C(C)C)c1-n1c(-c2cc3oc(-c4ccccc4)cc3c3c2oc2cc(-c4ccccc4)ccc23)nc2ccccc21. The minimum Gasteiger partial charge on any atom is -0.456 e. The van der Waals surface area contributed by atoms with Gasteiger partial charge < -0.3 is 8.83 Å². The molecule has 9 rings (SSSR count). The van der Waals surface area contributed by atoms with E-state index in [0.717, 1.165) is 77.8 Å². The highest BCUT2D eigenvalue weighted by Gasteiger charge is 2.26. The van der Waals surface area contributed by atoms with Gasteiger partial charge in [-0.05, 0) is 70.5 Å². The van der Waals surface area contributed by atoms with E-state index in [9.17, 15) is 0 Å². The van der Waals surface area contributed by atoms with E-state index in [0.29, 0.717) is 11.8 Å². The summed E-state index contributed by atoms with van der Waals surface area (Å²) in [6.45, 7) is 9.07. The zero-order valence-corrected chi connectivity index (χ0v) is 28.1. The Bertz CT molecular complexity index is 2630. The van der Waals surface area contributed by atoms with E-state index in [1.54, 1.807) is 0 Å². The summed E-state index contributed by atoms with van der Waals surface area (Å²) in [5.41, 5.74) is 12.4. The second-order valence-electron chi connectivity index (χ2n) is 13.5. The van der Waals surface area contributed by atoms with E-state index in [2.05, 4.69) is 141 Å². The molecule has 0 aliphatic rings. The smallest absolute Gasteiger partial charge is 0.149 e. The highest BCUT2D eigenvalue weighted by Crippen LogP contribution is 2.46. The number of benzene rings is 6. The Morgan fingerprint density at radius 1 is 0.551 bits per heavy atom. The molecule has 3 heterocycles. The molecular weight excluding hydrogens is 601 g/mol. The van der Waals surface area contributed by atoms with E-state index in [4.69, 9.17) is 13.8 Å². The van der Waals surface area contributed by atoms with Crippen LogP contribution in [0.3, 0.4) is 0 Å². The lowest BCUT2D eigenvalue weighted by Crippen LogP contribution is -2.08. The van der Waals surface area contributed by atoms with Gasteiger partial charge in [0, 0.05) is 21.7 Å². The van der Waals surface area contributed by atoms with Crippen molar-refractivity contribution in [3.8, 4) is 39.5 Å². The lowest BCUT2D eigenvalue weighted by Gasteiger charge is -2.22. The predicted octanol–water partition coefficient (Wildman–Crippen LogP) is 12.9. The number of hydrogen-bond donors (Lipinski definition) is 0. The first-order valence-electron chi connectivity index (χ1n) is 17.1. The van der Waals surface area contributed by atoms with Gasteiger partial charge in [-0.1, -0.05) is 125 Å². The highest BCUT2D eigenvalue weighted by atomic mass is 16.3. The molecule has 0 fully saturated rings. The van der Waals surface area contributed by atoms with Crippen molar-refractivity contribution < 1.29 is 8.83 Å². The van der Waals surface area contributed by atoms with Gasteiger partial charge in [0.2, 0.25) is 0 Å². The Balaban J connectivity index is 1.41. The van der Waals surface area contributed by atoms with Crippen LogP contribution >= 0.6 is 0 Å². The molecule has 0 unspecified atom stereocenters. The lowest BCUT2D eigenvalue weighted by atomic mass is 9.92. The van der Waals surface area contributed by atoms with Crippen molar-refractivity contribution in [1.29, 1.82) is 0 Å². The molecule has 4 nitrogen and oxygen atoms in total. The molecule has 0 N–H and O–H groups in total. The van der Waals surface area contributed by atoms with Crippen molar-refractivity contribution in [3.05, 3.63) is 145 Å². The summed E-state index contributed by atoms with van der Waals surface area (Å²) in [4.78, 5) is 5.38. The average molecular weight is 637 g/mol. The molecule has 9 aromatic rings. The number of furan rings is 2. The summed E-state index contributed by atoms with van der Waals surface area (Å²) in [7, 11) is 0. The number of aromatic nitrogens is 2. The summed E-state index contributed by atoms with van der Waals surface area (Å²) in [6.07, 6.45) is 0.